The number of nitrogens with zero attached hydrogens (tertiary/aromatic N) is 1. The first-order valence-electron chi connectivity index (χ1n) is 8.19. The van der Waals surface area contributed by atoms with E-state index in [0.717, 1.165) is 16.8 Å². The Balaban J connectivity index is 1.89. The molecule has 0 bridgehead atoms. The van der Waals surface area contributed by atoms with Crippen molar-refractivity contribution in [1.82, 2.24) is 0 Å². The van der Waals surface area contributed by atoms with Gasteiger partial charge in [0.25, 0.3) is 0 Å². The van der Waals surface area contributed by atoms with E-state index in [1.807, 2.05) is 48.5 Å². The van der Waals surface area contributed by atoms with Gasteiger partial charge >= 0.3 is 5.97 Å². The molecule has 130 valence electrons. The molecule has 5 nitrogen and oxygen atoms in total. The maximum Gasteiger partial charge on any atom is 0.337 e. The molecule has 25 heavy (non-hydrogen) atoms. The Hall–Kier alpha value is -2.66. The van der Waals surface area contributed by atoms with E-state index in [1.54, 1.807) is 13.2 Å². The average molecular weight is 339 g/mol. The highest BCUT2D eigenvalue weighted by Crippen LogP contribution is 2.37. The van der Waals surface area contributed by atoms with Gasteiger partial charge in [0.15, 0.2) is 0 Å². The van der Waals surface area contributed by atoms with Gasteiger partial charge in [-0.25, -0.2) is 4.79 Å². The molecule has 0 radical (unpaired) electrons. The van der Waals surface area contributed by atoms with Crippen LogP contribution in [0.15, 0.2) is 59.8 Å². The number of ether oxygens (including phenoxy) is 2. The summed E-state index contributed by atoms with van der Waals surface area (Å²) in [4.78, 5) is 16.8. The minimum Gasteiger partial charge on any atom is -0.465 e. The zero-order valence-corrected chi connectivity index (χ0v) is 14.3. The Bertz CT molecular complexity index is 757. The lowest BCUT2D eigenvalue weighted by atomic mass is 9.93. The van der Waals surface area contributed by atoms with Crippen LogP contribution in [-0.4, -0.2) is 25.9 Å². The summed E-state index contributed by atoms with van der Waals surface area (Å²) in [6, 6.07) is 17.4. The van der Waals surface area contributed by atoms with Crippen molar-refractivity contribution >= 4 is 11.7 Å². The van der Waals surface area contributed by atoms with Gasteiger partial charge in [-0.2, -0.15) is 0 Å². The molecular formula is C20H21NO4. The van der Waals surface area contributed by atoms with Gasteiger partial charge in [0, 0.05) is 12.8 Å². The zero-order valence-electron chi connectivity index (χ0n) is 14.3. The van der Waals surface area contributed by atoms with E-state index >= 15 is 0 Å². The first-order chi connectivity index (χ1) is 12.2. The topological polar surface area (TPSA) is 57.1 Å². The maximum absolute atomic E-state index is 11.8. The normalized spacial score (nSPS) is 21.8. The van der Waals surface area contributed by atoms with Crippen molar-refractivity contribution in [2.24, 2.45) is 5.16 Å². The third kappa shape index (κ3) is 4.06. The summed E-state index contributed by atoms with van der Waals surface area (Å²) >= 11 is 0. The van der Waals surface area contributed by atoms with Gasteiger partial charge in [-0.15, -0.1) is 0 Å². The van der Waals surface area contributed by atoms with Crippen LogP contribution in [0.1, 0.15) is 46.5 Å². The Morgan fingerprint density at radius 3 is 2.36 bits per heavy atom. The Kier molecular flexibility index (Phi) is 5.46. The van der Waals surface area contributed by atoms with Crippen LogP contribution in [0.3, 0.4) is 0 Å². The number of oxime groups is 1. The Morgan fingerprint density at radius 1 is 1.00 bits per heavy atom. The van der Waals surface area contributed by atoms with E-state index in [4.69, 9.17) is 14.3 Å². The molecule has 0 unspecified atom stereocenters. The van der Waals surface area contributed by atoms with Gasteiger partial charge in [-0.05, 0) is 23.3 Å². The largest absolute Gasteiger partial charge is 0.465 e. The van der Waals surface area contributed by atoms with E-state index in [-0.39, 0.29) is 18.2 Å². The second-order valence-electron chi connectivity index (χ2n) is 5.89. The molecule has 0 N–H and O–H groups in total. The van der Waals surface area contributed by atoms with Crippen LogP contribution in [0.4, 0.5) is 0 Å². The van der Waals surface area contributed by atoms with Gasteiger partial charge < -0.3 is 14.3 Å². The number of hydrogen-bond donors (Lipinski definition) is 0. The number of rotatable bonds is 4. The molecule has 5 heteroatoms. The molecule has 0 aromatic heterocycles. The van der Waals surface area contributed by atoms with Crippen molar-refractivity contribution < 1.29 is 19.1 Å². The molecule has 2 atom stereocenters. The van der Waals surface area contributed by atoms with Gasteiger partial charge in [0.05, 0.1) is 30.6 Å². The fourth-order valence-corrected chi connectivity index (χ4v) is 3.05. The zero-order chi connectivity index (χ0) is 17.6. The van der Waals surface area contributed by atoms with Crippen LogP contribution < -0.4 is 0 Å². The molecule has 1 heterocycles. The van der Waals surface area contributed by atoms with E-state index < -0.39 is 0 Å². The summed E-state index contributed by atoms with van der Waals surface area (Å²) in [5.74, 6) is -0.358. The predicted molar refractivity (Wildman–Crippen MR) is 94.5 cm³/mol. The lowest BCUT2D eigenvalue weighted by Gasteiger charge is -2.31. The second kappa shape index (κ2) is 7.94. The van der Waals surface area contributed by atoms with Crippen LogP contribution in [0.5, 0.6) is 0 Å². The molecule has 0 amide bonds. The van der Waals surface area contributed by atoms with Gasteiger partial charge in [0.2, 0.25) is 0 Å². The third-order valence-electron chi connectivity index (χ3n) is 4.24. The molecule has 2 aromatic carbocycles. The van der Waals surface area contributed by atoms with Crippen molar-refractivity contribution in [3.8, 4) is 0 Å². The van der Waals surface area contributed by atoms with E-state index in [1.165, 1.54) is 7.11 Å². The van der Waals surface area contributed by atoms with Gasteiger partial charge in [-0.1, -0.05) is 47.6 Å². The molecule has 1 aliphatic heterocycles. The smallest absolute Gasteiger partial charge is 0.337 e. The van der Waals surface area contributed by atoms with Gasteiger partial charge in [-0.3, -0.25) is 0 Å². The average Bonchev–Trinajstić information content (AvgIpc) is 2.68. The lowest BCUT2D eigenvalue weighted by molar-refractivity contribution is -0.0221. The number of methoxy groups -OCH3 is 1. The summed E-state index contributed by atoms with van der Waals surface area (Å²) in [5, 5.41) is 4.15. The molecular weight excluding hydrogens is 318 g/mol. The summed E-state index contributed by atoms with van der Waals surface area (Å²) in [5.41, 5.74) is 3.47. The summed E-state index contributed by atoms with van der Waals surface area (Å²) in [7, 11) is 2.92. The first-order valence-corrected chi connectivity index (χ1v) is 8.19. The summed E-state index contributed by atoms with van der Waals surface area (Å²) in [6.45, 7) is 0. The van der Waals surface area contributed by atoms with Crippen molar-refractivity contribution in [3.63, 3.8) is 0 Å². The van der Waals surface area contributed by atoms with E-state index in [2.05, 4.69) is 5.16 Å². The summed E-state index contributed by atoms with van der Waals surface area (Å²) in [6.07, 6.45) is 1.01. The predicted octanol–water partition coefficient (Wildman–Crippen LogP) is 4.07. The quantitative estimate of drug-likeness (QED) is 0.622. The van der Waals surface area contributed by atoms with Crippen molar-refractivity contribution in [1.29, 1.82) is 0 Å². The van der Waals surface area contributed by atoms with E-state index in [0.29, 0.717) is 18.4 Å². The highest BCUT2D eigenvalue weighted by atomic mass is 16.6. The highest BCUT2D eigenvalue weighted by molar-refractivity contribution is 5.89. The van der Waals surface area contributed by atoms with Crippen LogP contribution >= 0.6 is 0 Å². The first kappa shape index (κ1) is 17.2. The number of carbonyl (C=O) groups excluding carboxylic acids is 1. The van der Waals surface area contributed by atoms with Crippen LogP contribution in [0.2, 0.25) is 0 Å². The third-order valence-corrected chi connectivity index (χ3v) is 4.24. The number of hydrogen-bond acceptors (Lipinski definition) is 5. The Morgan fingerprint density at radius 2 is 1.68 bits per heavy atom. The van der Waals surface area contributed by atoms with Crippen LogP contribution in [0, 0.1) is 0 Å². The number of carbonyl (C=O) groups is 1. The molecule has 0 spiro atoms. The second-order valence-corrected chi connectivity index (χ2v) is 5.89. The minimum atomic E-state index is -0.358. The highest BCUT2D eigenvalue weighted by Gasteiger charge is 2.29. The fourth-order valence-electron chi connectivity index (χ4n) is 3.05. The minimum absolute atomic E-state index is 0.101. The standard InChI is InChI=1S/C20H21NO4/c1-23-20(22)16-10-6-9-15(11-16)19-13-17(21-24-2)12-18(25-19)14-7-4-3-5-8-14/h3-11,18-19H,12-13H2,1-2H3/t18-,19+/m0/s1. The molecule has 1 aliphatic rings. The maximum atomic E-state index is 11.8. The number of esters is 1. The summed E-state index contributed by atoms with van der Waals surface area (Å²) < 4.78 is 11.1. The van der Waals surface area contributed by atoms with E-state index in [9.17, 15) is 4.79 Å². The molecule has 2 aromatic rings. The molecule has 1 fully saturated rings. The monoisotopic (exact) mass is 339 g/mol. The lowest BCUT2D eigenvalue weighted by Crippen LogP contribution is -2.23. The molecule has 0 aliphatic carbocycles. The van der Waals surface area contributed by atoms with Crippen molar-refractivity contribution in [2.75, 3.05) is 14.2 Å². The van der Waals surface area contributed by atoms with Crippen LogP contribution in [0.25, 0.3) is 0 Å². The van der Waals surface area contributed by atoms with Crippen molar-refractivity contribution in [2.45, 2.75) is 25.0 Å². The van der Waals surface area contributed by atoms with Crippen molar-refractivity contribution in [3.05, 3.63) is 71.3 Å². The fraction of sp³-hybridized carbons (Fsp3) is 0.300. The SMILES string of the molecule is CON=C1C[C@@H](c2ccccc2)O[C@@H](c2cccc(C(=O)OC)c2)C1. The molecule has 1 saturated heterocycles. The van der Waals surface area contributed by atoms with Crippen LogP contribution in [-0.2, 0) is 14.3 Å². The number of benzene rings is 2. The molecule has 3 rings (SSSR count). The Labute approximate surface area is 147 Å². The molecule has 0 saturated carbocycles. The van der Waals surface area contributed by atoms with Gasteiger partial charge in [0.1, 0.15) is 7.11 Å².